The molecule has 0 atom stereocenters. The van der Waals surface area contributed by atoms with Crippen molar-refractivity contribution in [2.45, 2.75) is 70.4 Å². The van der Waals surface area contributed by atoms with E-state index in [0.717, 1.165) is 24.8 Å². The summed E-state index contributed by atoms with van der Waals surface area (Å²) in [5.74, 6) is 0.681. The predicted octanol–water partition coefficient (Wildman–Crippen LogP) is 4.09. The smallest absolute Gasteiger partial charge is 0.315 e. The fourth-order valence-corrected chi connectivity index (χ4v) is 3.48. The van der Waals surface area contributed by atoms with Crippen LogP contribution in [0.15, 0.2) is 30.0 Å². The van der Waals surface area contributed by atoms with Crippen molar-refractivity contribution in [3.63, 3.8) is 0 Å². The Hall–Kier alpha value is -2.04. The van der Waals surface area contributed by atoms with Gasteiger partial charge in [0.1, 0.15) is 6.10 Å². The quantitative estimate of drug-likeness (QED) is 0.733. The molecule has 2 aliphatic carbocycles. The minimum atomic E-state index is -0.123. The topological polar surface area (TPSA) is 63.2 Å². The SMILES string of the molecule is O=C(NCCC1=CCCCC1)NCc1ccc(OC2CCCC2)nc1. The highest BCUT2D eigenvalue weighted by Gasteiger charge is 2.16. The number of allylic oxidation sites excluding steroid dienone is 1. The van der Waals surface area contributed by atoms with E-state index in [-0.39, 0.29) is 6.03 Å². The van der Waals surface area contributed by atoms with Crippen LogP contribution in [-0.4, -0.2) is 23.7 Å². The third kappa shape index (κ3) is 6.07. The van der Waals surface area contributed by atoms with Crippen LogP contribution in [0.25, 0.3) is 0 Å². The van der Waals surface area contributed by atoms with Crippen molar-refractivity contribution in [2.75, 3.05) is 6.54 Å². The summed E-state index contributed by atoms with van der Waals surface area (Å²) < 4.78 is 5.85. The molecule has 1 heterocycles. The molecule has 0 radical (unpaired) electrons. The van der Waals surface area contributed by atoms with Gasteiger partial charge in [0.2, 0.25) is 5.88 Å². The summed E-state index contributed by atoms with van der Waals surface area (Å²) in [6.45, 7) is 1.18. The first-order valence-electron chi connectivity index (χ1n) is 9.61. The molecule has 136 valence electrons. The number of aromatic nitrogens is 1. The Morgan fingerprint density at radius 3 is 2.76 bits per heavy atom. The Morgan fingerprint density at radius 1 is 1.16 bits per heavy atom. The normalized spacial score (nSPS) is 17.8. The number of carbonyl (C=O) groups is 1. The van der Waals surface area contributed by atoms with Crippen molar-refractivity contribution in [1.29, 1.82) is 0 Å². The van der Waals surface area contributed by atoms with Gasteiger partial charge < -0.3 is 15.4 Å². The van der Waals surface area contributed by atoms with Crippen LogP contribution in [0, 0.1) is 0 Å². The Kier molecular flexibility index (Phi) is 6.71. The summed E-state index contributed by atoms with van der Waals surface area (Å²) >= 11 is 0. The fourth-order valence-electron chi connectivity index (χ4n) is 3.48. The molecule has 0 aromatic carbocycles. The van der Waals surface area contributed by atoms with Gasteiger partial charge in [-0.05, 0) is 63.4 Å². The number of rotatable bonds is 7. The first-order valence-corrected chi connectivity index (χ1v) is 9.61. The van der Waals surface area contributed by atoms with E-state index >= 15 is 0 Å². The zero-order valence-electron chi connectivity index (χ0n) is 14.9. The first-order chi connectivity index (χ1) is 12.3. The number of hydrogen-bond acceptors (Lipinski definition) is 3. The van der Waals surface area contributed by atoms with Crippen LogP contribution in [0.5, 0.6) is 5.88 Å². The molecule has 0 spiro atoms. The first kappa shape index (κ1) is 17.8. The van der Waals surface area contributed by atoms with Gasteiger partial charge in [-0.1, -0.05) is 17.7 Å². The molecular formula is C20H29N3O2. The zero-order chi connectivity index (χ0) is 17.3. The molecular weight excluding hydrogens is 314 g/mol. The molecule has 5 heteroatoms. The number of nitrogens with zero attached hydrogens (tertiary/aromatic N) is 1. The molecule has 1 aromatic heterocycles. The van der Waals surface area contributed by atoms with Crippen molar-refractivity contribution in [3.8, 4) is 5.88 Å². The molecule has 2 aliphatic rings. The molecule has 1 fully saturated rings. The summed E-state index contributed by atoms with van der Waals surface area (Å²) in [4.78, 5) is 16.2. The predicted molar refractivity (Wildman–Crippen MR) is 98.5 cm³/mol. The van der Waals surface area contributed by atoms with Gasteiger partial charge in [0.25, 0.3) is 0 Å². The minimum Gasteiger partial charge on any atom is -0.474 e. The Morgan fingerprint density at radius 2 is 2.04 bits per heavy atom. The highest BCUT2D eigenvalue weighted by atomic mass is 16.5. The molecule has 25 heavy (non-hydrogen) atoms. The van der Waals surface area contributed by atoms with E-state index in [9.17, 15) is 4.79 Å². The fraction of sp³-hybridized carbons (Fsp3) is 0.600. The van der Waals surface area contributed by atoms with Crippen LogP contribution in [0.2, 0.25) is 0 Å². The Balaban J connectivity index is 1.33. The molecule has 0 aliphatic heterocycles. The van der Waals surface area contributed by atoms with E-state index < -0.39 is 0 Å². The Bertz CT molecular complexity index is 577. The van der Waals surface area contributed by atoms with Crippen LogP contribution in [0.1, 0.15) is 63.4 Å². The summed E-state index contributed by atoms with van der Waals surface area (Å²) in [6, 6.07) is 3.73. The lowest BCUT2D eigenvalue weighted by Gasteiger charge is -2.13. The van der Waals surface area contributed by atoms with E-state index in [1.165, 1.54) is 44.1 Å². The standard InChI is InChI=1S/C20H29N3O2/c24-20(21-13-12-16-6-2-1-3-7-16)23-15-17-10-11-19(22-14-17)25-18-8-4-5-9-18/h6,10-11,14,18H,1-5,7-9,12-13,15H2,(H2,21,23,24). The lowest BCUT2D eigenvalue weighted by Crippen LogP contribution is -2.35. The van der Waals surface area contributed by atoms with Crippen LogP contribution in [0.4, 0.5) is 4.79 Å². The average molecular weight is 343 g/mol. The summed E-state index contributed by atoms with van der Waals surface area (Å²) in [5, 5.41) is 5.80. The van der Waals surface area contributed by atoms with Crippen molar-refractivity contribution in [1.82, 2.24) is 15.6 Å². The maximum absolute atomic E-state index is 11.9. The van der Waals surface area contributed by atoms with Crippen molar-refractivity contribution >= 4 is 6.03 Å². The van der Waals surface area contributed by atoms with E-state index in [2.05, 4.69) is 21.7 Å². The maximum Gasteiger partial charge on any atom is 0.315 e. The highest BCUT2D eigenvalue weighted by molar-refractivity contribution is 5.73. The van der Waals surface area contributed by atoms with Crippen molar-refractivity contribution in [3.05, 3.63) is 35.5 Å². The molecule has 5 nitrogen and oxygen atoms in total. The number of ether oxygens (including phenoxy) is 1. The number of carbonyl (C=O) groups excluding carboxylic acids is 1. The monoisotopic (exact) mass is 343 g/mol. The second-order valence-electron chi connectivity index (χ2n) is 7.00. The van der Waals surface area contributed by atoms with Crippen LogP contribution in [0.3, 0.4) is 0 Å². The molecule has 3 rings (SSSR count). The number of amides is 2. The highest BCUT2D eigenvalue weighted by Crippen LogP contribution is 2.23. The zero-order valence-corrected chi connectivity index (χ0v) is 14.9. The van der Waals surface area contributed by atoms with Gasteiger partial charge in [-0.2, -0.15) is 0 Å². The third-order valence-corrected chi connectivity index (χ3v) is 4.96. The van der Waals surface area contributed by atoms with Gasteiger partial charge in [-0.3, -0.25) is 0 Å². The third-order valence-electron chi connectivity index (χ3n) is 4.96. The number of urea groups is 1. The molecule has 0 saturated heterocycles. The van der Waals surface area contributed by atoms with E-state index in [4.69, 9.17) is 4.74 Å². The Labute approximate surface area is 150 Å². The summed E-state index contributed by atoms with van der Waals surface area (Å²) in [7, 11) is 0. The van der Waals surface area contributed by atoms with Gasteiger partial charge in [-0.25, -0.2) is 9.78 Å². The molecule has 1 saturated carbocycles. The molecule has 2 N–H and O–H groups in total. The van der Waals surface area contributed by atoms with E-state index in [0.29, 0.717) is 25.1 Å². The number of hydrogen-bond donors (Lipinski definition) is 2. The van der Waals surface area contributed by atoms with Gasteiger partial charge >= 0.3 is 6.03 Å². The molecule has 0 bridgehead atoms. The molecule has 1 aromatic rings. The second-order valence-corrected chi connectivity index (χ2v) is 7.00. The summed E-state index contributed by atoms with van der Waals surface area (Å²) in [6.07, 6.45) is 15.1. The van der Waals surface area contributed by atoms with Gasteiger partial charge in [0.05, 0.1) is 0 Å². The van der Waals surface area contributed by atoms with E-state index in [1.807, 2.05) is 12.1 Å². The number of pyridine rings is 1. The van der Waals surface area contributed by atoms with Gasteiger partial charge in [0.15, 0.2) is 0 Å². The second kappa shape index (κ2) is 9.44. The molecule has 0 unspecified atom stereocenters. The van der Waals surface area contributed by atoms with Crippen molar-refractivity contribution < 1.29 is 9.53 Å². The van der Waals surface area contributed by atoms with Crippen LogP contribution < -0.4 is 15.4 Å². The van der Waals surface area contributed by atoms with Crippen LogP contribution in [-0.2, 0) is 6.54 Å². The maximum atomic E-state index is 11.9. The summed E-state index contributed by atoms with van der Waals surface area (Å²) in [5.41, 5.74) is 2.46. The lowest BCUT2D eigenvalue weighted by atomic mass is 9.97. The number of nitrogens with one attached hydrogen (secondary N) is 2. The van der Waals surface area contributed by atoms with Crippen LogP contribution >= 0.6 is 0 Å². The lowest BCUT2D eigenvalue weighted by molar-refractivity contribution is 0.201. The molecule has 2 amide bonds. The van der Waals surface area contributed by atoms with E-state index in [1.54, 1.807) is 6.20 Å². The van der Waals surface area contributed by atoms with Crippen molar-refractivity contribution in [2.24, 2.45) is 0 Å². The van der Waals surface area contributed by atoms with Gasteiger partial charge in [0, 0.05) is 25.4 Å². The van der Waals surface area contributed by atoms with Gasteiger partial charge in [-0.15, -0.1) is 0 Å². The minimum absolute atomic E-state index is 0.123. The largest absolute Gasteiger partial charge is 0.474 e. The average Bonchev–Trinajstić information content (AvgIpc) is 3.15.